The van der Waals surface area contributed by atoms with Gasteiger partial charge in [-0.3, -0.25) is 0 Å². The van der Waals surface area contributed by atoms with Crippen molar-refractivity contribution in [1.29, 1.82) is 0 Å². The molecule has 0 spiro atoms. The van der Waals surface area contributed by atoms with Crippen LogP contribution in [0.5, 0.6) is 0 Å². The summed E-state index contributed by atoms with van der Waals surface area (Å²) in [6, 6.07) is 69.7. The molecular weight excluding hydrogens is 645 g/mol. The van der Waals surface area contributed by atoms with Crippen molar-refractivity contribution in [2.45, 2.75) is 0 Å². The molecule has 0 fully saturated rings. The van der Waals surface area contributed by atoms with Crippen molar-refractivity contribution in [2.75, 3.05) is 4.90 Å². The summed E-state index contributed by atoms with van der Waals surface area (Å²) >= 11 is 0. The quantitative estimate of drug-likeness (QED) is 0.181. The fourth-order valence-corrected chi connectivity index (χ4v) is 8.26. The first-order chi connectivity index (χ1) is 26.3. The third-order valence-electron chi connectivity index (χ3n) is 10.7. The van der Waals surface area contributed by atoms with Gasteiger partial charge in [-0.1, -0.05) is 140 Å². The number of furan rings is 1. The summed E-state index contributed by atoms with van der Waals surface area (Å²) < 4.78 is 9.24. The van der Waals surface area contributed by atoms with Crippen LogP contribution in [-0.2, 0) is 0 Å². The molecule has 0 saturated carbocycles. The Kier molecular flexibility index (Phi) is 6.55. The number of hydrogen-bond donors (Lipinski definition) is 0. The van der Waals surface area contributed by atoms with Crippen molar-refractivity contribution in [2.24, 2.45) is 0 Å². The van der Waals surface area contributed by atoms with Gasteiger partial charge in [-0.05, 0) is 81.9 Å². The van der Waals surface area contributed by atoms with Crippen LogP contribution in [0.25, 0.3) is 82.1 Å². The van der Waals surface area contributed by atoms with Crippen LogP contribution in [0.3, 0.4) is 0 Å². The Morgan fingerprint density at radius 3 is 1.87 bits per heavy atom. The van der Waals surface area contributed by atoms with Crippen LogP contribution in [0.15, 0.2) is 199 Å². The minimum Gasteiger partial charge on any atom is -0.454 e. The van der Waals surface area contributed by atoms with E-state index in [-0.39, 0.29) is 0 Å². The highest BCUT2D eigenvalue weighted by Gasteiger charge is 2.22. The van der Waals surface area contributed by atoms with E-state index in [4.69, 9.17) is 4.42 Å². The number of aromatic nitrogens is 1. The summed E-state index contributed by atoms with van der Waals surface area (Å²) in [6.45, 7) is 0. The summed E-state index contributed by atoms with van der Waals surface area (Å²) in [5.41, 5.74) is 10.7. The van der Waals surface area contributed by atoms with Gasteiger partial charge in [0.15, 0.2) is 5.58 Å². The molecule has 248 valence electrons. The monoisotopic (exact) mass is 676 g/mol. The second-order valence-corrected chi connectivity index (χ2v) is 13.8. The first-order valence-corrected chi connectivity index (χ1v) is 18.1. The maximum absolute atomic E-state index is 6.79. The molecule has 0 aliphatic heterocycles. The van der Waals surface area contributed by atoms with E-state index in [0.717, 1.165) is 50.2 Å². The highest BCUT2D eigenvalue weighted by Crippen LogP contribution is 2.45. The molecule has 0 bridgehead atoms. The molecule has 3 nitrogen and oxygen atoms in total. The Bertz CT molecular complexity index is 3160. The standard InChI is InChI=1S/C50H32N2O/c1-3-12-33(13-4-1)34-22-25-39(26-23-34)52-47-32-40(27-29-42(47)43-28-24-35-14-9-10-19-41(35)49(43)52)51(38-17-5-2-6-18-38)46-21-11-20-44-45-30-36-15-7-8-16-37(36)31-48(45)53-50(44)46/h1-32H. The van der Waals surface area contributed by atoms with Crippen LogP contribution < -0.4 is 4.90 Å². The van der Waals surface area contributed by atoms with Gasteiger partial charge in [0.2, 0.25) is 0 Å². The molecular formula is C50H32N2O. The van der Waals surface area contributed by atoms with E-state index in [1.165, 1.54) is 49.0 Å². The molecule has 3 heteroatoms. The average molecular weight is 677 g/mol. The fraction of sp³-hybridized carbons (Fsp3) is 0. The molecule has 0 aliphatic carbocycles. The lowest BCUT2D eigenvalue weighted by molar-refractivity contribution is 0.669. The van der Waals surface area contributed by atoms with Crippen LogP contribution in [0.4, 0.5) is 17.1 Å². The largest absolute Gasteiger partial charge is 0.454 e. The Balaban J connectivity index is 1.17. The molecule has 11 rings (SSSR count). The van der Waals surface area contributed by atoms with Crippen LogP contribution in [0.2, 0.25) is 0 Å². The Morgan fingerprint density at radius 1 is 0.396 bits per heavy atom. The summed E-state index contributed by atoms with van der Waals surface area (Å²) in [6.07, 6.45) is 0. The van der Waals surface area contributed by atoms with Crippen molar-refractivity contribution in [3.05, 3.63) is 194 Å². The molecule has 9 aromatic carbocycles. The van der Waals surface area contributed by atoms with Crippen LogP contribution in [0, 0.1) is 0 Å². The predicted octanol–water partition coefficient (Wildman–Crippen LogP) is 14.1. The average Bonchev–Trinajstić information content (AvgIpc) is 3.76. The first-order valence-electron chi connectivity index (χ1n) is 18.1. The van der Waals surface area contributed by atoms with Crippen LogP contribution in [-0.4, -0.2) is 4.57 Å². The Labute approximate surface area is 306 Å². The lowest BCUT2D eigenvalue weighted by atomic mass is 10.0. The number of anilines is 3. The number of para-hydroxylation sites is 2. The number of nitrogens with zero attached hydrogens (tertiary/aromatic N) is 2. The predicted molar refractivity (Wildman–Crippen MR) is 223 cm³/mol. The van der Waals surface area contributed by atoms with Gasteiger partial charge in [0.05, 0.1) is 16.7 Å². The maximum Gasteiger partial charge on any atom is 0.159 e. The topological polar surface area (TPSA) is 21.3 Å². The van der Waals surface area contributed by atoms with Gasteiger partial charge in [0.25, 0.3) is 0 Å². The molecule has 2 aromatic heterocycles. The summed E-state index contributed by atoms with van der Waals surface area (Å²) in [5.74, 6) is 0. The summed E-state index contributed by atoms with van der Waals surface area (Å²) in [7, 11) is 0. The zero-order chi connectivity index (χ0) is 34.9. The molecule has 0 amide bonds. The van der Waals surface area contributed by atoms with E-state index < -0.39 is 0 Å². The number of hydrogen-bond acceptors (Lipinski definition) is 2. The SMILES string of the molecule is c1ccc(-c2ccc(-n3c4cc(N(c5ccccc5)c5cccc6c5oc5cc7ccccc7cc56)ccc4c4ccc5ccccc5c43)cc2)cc1. The van der Waals surface area contributed by atoms with Gasteiger partial charge in [-0.2, -0.15) is 0 Å². The second-order valence-electron chi connectivity index (χ2n) is 13.8. The van der Waals surface area contributed by atoms with Crippen LogP contribution >= 0.6 is 0 Å². The number of fused-ring (bicyclic) bond motifs is 9. The van der Waals surface area contributed by atoms with Gasteiger partial charge in [-0.15, -0.1) is 0 Å². The van der Waals surface area contributed by atoms with Gasteiger partial charge in [0, 0.05) is 44.0 Å². The second kappa shape index (κ2) is 11.7. The van der Waals surface area contributed by atoms with E-state index in [1.54, 1.807) is 0 Å². The molecule has 0 radical (unpaired) electrons. The molecule has 2 heterocycles. The lowest BCUT2D eigenvalue weighted by Crippen LogP contribution is -2.10. The maximum atomic E-state index is 6.79. The lowest BCUT2D eigenvalue weighted by Gasteiger charge is -2.25. The van der Waals surface area contributed by atoms with Gasteiger partial charge in [0.1, 0.15) is 5.58 Å². The molecule has 0 aliphatic rings. The van der Waals surface area contributed by atoms with Crippen molar-refractivity contribution in [3.8, 4) is 16.8 Å². The van der Waals surface area contributed by atoms with Crippen molar-refractivity contribution in [3.63, 3.8) is 0 Å². The fourth-order valence-electron chi connectivity index (χ4n) is 8.26. The third-order valence-corrected chi connectivity index (χ3v) is 10.7. The molecule has 53 heavy (non-hydrogen) atoms. The normalized spacial score (nSPS) is 11.8. The Hall–Kier alpha value is -7.10. The smallest absolute Gasteiger partial charge is 0.159 e. The molecule has 0 saturated heterocycles. The zero-order valence-corrected chi connectivity index (χ0v) is 28.8. The van der Waals surface area contributed by atoms with E-state index in [9.17, 15) is 0 Å². The minimum atomic E-state index is 0.866. The zero-order valence-electron chi connectivity index (χ0n) is 28.8. The van der Waals surface area contributed by atoms with E-state index in [2.05, 4.69) is 204 Å². The first kappa shape index (κ1) is 29.6. The Morgan fingerprint density at radius 2 is 1.06 bits per heavy atom. The van der Waals surface area contributed by atoms with Gasteiger partial charge >= 0.3 is 0 Å². The molecule has 11 aromatic rings. The van der Waals surface area contributed by atoms with Gasteiger partial charge < -0.3 is 13.9 Å². The molecule has 0 atom stereocenters. The van der Waals surface area contributed by atoms with Crippen molar-refractivity contribution < 1.29 is 4.42 Å². The van der Waals surface area contributed by atoms with Crippen LogP contribution in [0.1, 0.15) is 0 Å². The molecule has 0 N–H and O–H groups in total. The third kappa shape index (κ3) is 4.68. The van der Waals surface area contributed by atoms with Gasteiger partial charge in [-0.25, -0.2) is 0 Å². The highest BCUT2D eigenvalue weighted by atomic mass is 16.3. The van der Waals surface area contributed by atoms with E-state index in [1.807, 2.05) is 0 Å². The summed E-state index contributed by atoms with van der Waals surface area (Å²) in [5, 5.41) is 9.49. The van der Waals surface area contributed by atoms with E-state index in [0.29, 0.717) is 0 Å². The van der Waals surface area contributed by atoms with Crippen molar-refractivity contribution in [1.82, 2.24) is 4.57 Å². The molecule has 0 unspecified atom stereocenters. The highest BCUT2D eigenvalue weighted by molar-refractivity contribution is 6.19. The number of benzene rings is 9. The minimum absolute atomic E-state index is 0.866. The number of rotatable bonds is 5. The summed E-state index contributed by atoms with van der Waals surface area (Å²) in [4.78, 5) is 2.34. The van der Waals surface area contributed by atoms with Crippen molar-refractivity contribution >= 4 is 82.4 Å². The van der Waals surface area contributed by atoms with E-state index >= 15 is 0 Å².